The summed E-state index contributed by atoms with van der Waals surface area (Å²) in [5.74, 6) is 0. The van der Waals surface area contributed by atoms with Gasteiger partial charge in [-0.05, 0) is 48.9 Å². The van der Waals surface area contributed by atoms with Gasteiger partial charge in [-0.2, -0.15) is 4.68 Å². The molecule has 0 aliphatic carbocycles. The van der Waals surface area contributed by atoms with E-state index in [-0.39, 0.29) is 17.7 Å². The zero-order valence-electron chi connectivity index (χ0n) is 19.6. The number of nitrogens with zero attached hydrogens (tertiary/aromatic N) is 5. The summed E-state index contributed by atoms with van der Waals surface area (Å²) in [5.41, 5.74) is 2.98. The smallest absolute Gasteiger partial charge is 0.283 e. The fraction of sp³-hybridized carbons (Fsp3) is 0.111. The first kappa shape index (κ1) is 23.7. The van der Waals surface area contributed by atoms with Crippen LogP contribution in [0.15, 0.2) is 82.4 Å². The highest BCUT2D eigenvalue weighted by molar-refractivity contribution is 7.20. The zero-order valence-corrected chi connectivity index (χ0v) is 21.9. The van der Waals surface area contributed by atoms with Crippen molar-refractivity contribution in [2.45, 2.75) is 20.0 Å². The number of fused-ring (bicyclic) bond motifs is 2. The van der Waals surface area contributed by atoms with Crippen LogP contribution in [-0.4, -0.2) is 23.9 Å². The van der Waals surface area contributed by atoms with E-state index in [1.165, 1.54) is 17.4 Å². The van der Waals surface area contributed by atoms with E-state index in [4.69, 9.17) is 28.2 Å². The third kappa shape index (κ3) is 4.27. The molecule has 0 N–H and O–H groups in total. The molecule has 2 aromatic carbocycles. The Balaban J connectivity index is 1.60. The fourth-order valence-corrected chi connectivity index (χ4v) is 5.78. The molecule has 184 valence electrons. The van der Waals surface area contributed by atoms with Crippen LogP contribution < -0.4 is 11.1 Å². The molecule has 0 aliphatic heterocycles. The minimum Gasteiger partial charge on any atom is -0.306 e. The number of aromatic nitrogens is 5. The predicted octanol–water partition coefficient (Wildman–Crippen LogP) is 5.67. The van der Waals surface area contributed by atoms with Gasteiger partial charge in [-0.25, -0.2) is 9.97 Å². The minimum atomic E-state index is -0.242. The second-order valence-electron chi connectivity index (χ2n) is 8.63. The summed E-state index contributed by atoms with van der Waals surface area (Å²) < 4.78 is 5.90. The molecule has 6 aromatic rings. The van der Waals surface area contributed by atoms with Crippen molar-refractivity contribution in [3.8, 4) is 5.13 Å². The number of pyridine rings is 2. The van der Waals surface area contributed by atoms with Gasteiger partial charge in [0.15, 0.2) is 0 Å². The molecule has 0 unspecified atom stereocenters. The first-order valence-electron chi connectivity index (χ1n) is 11.5. The van der Waals surface area contributed by atoms with Crippen molar-refractivity contribution in [2.24, 2.45) is 0 Å². The lowest BCUT2D eigenvalue weighted by Crippen LogP contribution is -2.24. The highest BCUT2D eigenvalue weighted by atomic mass is 35.5. The molecule has 0 saturated carbocycles. The van der Waals surface area contributed by atoms with Gasteiger partial charge in [0.1, 0.15) is 5.15 Å². The Labute approximate surface area is 224 Å². The van der Waals surface area contributed by atoms with E-state index in [0.29, 0.717) is 44.1 Å². The van der Waals surface area contributed by atoms with Crippen molar-refractivity contribution in [3.05, 3.63) is 121 Å². The van der Waals surface area contributed by atoms with E-state index in [2.05, 4.69) is 4.98 Å². The molecule has 7 nitrogen and oxygen atoms in total. The third-order valence-electron chi connectivity index (χ3n) is 6.28. The summed E-state index contributed by atoms with van der Waals surface area (Å²) in [6.07, 6.45) is 0. The lowest BCUT2D eigenvalue weighted by Gasteiger charge is -2.13. The van der Waals surface area contributed by atoms with Crippen molar-refractivity contribution in [1.29, 1.82) is 0 Å². The quantitative estimate of drug-likeness (QED) is 0.260. The first-order valence-corrected chi connectivity index (χ1v) is 13.0. The second kappa shape index (κ2) is 9.30. The molecule has 10 heteroatoms. The Morgan fingerprint density at radius 2 is 1.68 bits per heavy atom. The van der Waals surface area contributed by atoms with E-state index >= 15 is 0 Å². The predicted molar refractivity (Wildman–Crippen MR) is 149 cm³/mol. The van der Waals surface area contributed by atoms with Crippen LogP contribution in [0.25, 0.3) is 26.3 Å². The van der Waals surface area contributed by atoms with Crippen LogP contribution in [0.4, 0.5) is 0 Å². The van der Waals surface area contributed by atoms with Gasteiger partial charge in [0.05, 0.1) is 39.9 Å². The number of thiazole rings is 1. The van der Waals surface area contributed by atoms with Gasteiger partial charge in [0.2, 0.25) is 5.13 Å². The molecule has 0 saturated heterocycles. The summed E-state index contributed by atoms with van der Waals surface area (Å²) in [6, 6.07) is 21.9. The summed E-state index contributed by atoms with van der Waals surface area (Å²) in [4.78, 5) is 36.4. The number of hydrogen-bond donors (Lipinski definition) is 0. The van der Waals surface area contributed by atoms with Crippen LogP contribution in [0.1, 0.15) is 17.0 Å². The van der Waals surface area contributed by atoms with Gasteiger partial charge in [-0.3, -0.25) is 14.3 Å². The van der Waals surface area contributed by atoms with Crippen molar-refractivity contribution in [2.75, 3.05) is 0 Å². The average molecular weight is 548 g/mol. The van der Waals surface area contributed by atoms with Crippen LogP contribution in [0.2, 0.25) is 10.2 Å². The normalized spacial score (nSPS) is 11.5. The molecule has 37 heavy (non-hydrogen) atoms. The van der Waals surface area contributed by atoms with Crippen LogP contribution >= 0.6 is 34.5 Å². The van der Waals surface area contributed by atoms with Gasteiger partial charge in [-0.15, -0.1) is 0 Å². The molecular formula is C27H19Cl2N5O2S. The molecule has 0 aliphatic rings. The average Bonchev–Trinajstić information content (AvgIpc) is 3.41. The maximum Gasteiger partial charge on any atom is 0.283 e. The molecule has 4 heterocycles. The molecule has 0 atom stereocenters. The van der Waals surface area contributed by atoms with Gasteiger partial charge in [0.25, 0.3) is 11.1 Å². The van der Waals surface area contributed by atoms with Gasteiger partial charge >= 0.3 is 0 Å². The van der Waals surface area contributed by atoms with Crippen LogP contribution in [0.5, 0.6) is 0 Å². The van der Waals surface area contributed by atoms with E-state index in [9.17, 15) is 9.59 Å². The van der Waals surface area contributed by atoms with E-state index < -0.39 is 0 Å². The Morgan fingerprint density at radius 1 is 0.892 bits per heavy atom. The number of rotatable bonds is 5. The number of halogens is 2. The molecular weight excluding hydrogens is 529 g/mol. The minimum absolute atomic E-state index is 0.199. The Bertz CT molecular complexity index is 1890. The molecule has 0 bridgehead atoms. The van der Waals surface area contributed by atoms with Crippen LogP contribution in [0.3, 0.4) is 0 Å². The summed E-state index contributed by atoms with van der Waals surface area (Å²) >= 11 is 13.6. The number of benzene rings is 2. The molecule has 0 amide bonds. The van der Waals surface area contributed by atoms with Gasteiger partial charge in [0, 0.05) is 16.8 Å². The van der Waals surface area contributed by atoms with Crippen molar-refractivity contribution >= 4 is 55.7 Å². The van der Waals surface area contributed by atoms with E-state index in [0.717, 1.165) is 15.8 Å². The maximum absolute atomic E-state index is 14.0. The summed E-state index contributed by atoms with van der Waals surface area (Å²) in [6.45, 7) is 2.33. The highest BCUT2D eigenvalue weighted by Gasteiger charge is 2.22. The zero-order chi connectivity index (χ0) is 25.7. The van der Waals surface area contributed by atoms with Crippen LogP contribution in [0, 0.1) is 6.92 Å². The Morgan fingerprint density at radius 3 is 2.43 bits per heavy atom. The third-order valence-corrected chi connectivity index (χ3v) is 7.75. The summed E-state index contributed by atoms with van der Waals surface area (Å²) in [5, 5.41) is 1.95. The standard InChI is InChI=1S/C27H19Cl2N5O2S/c1-16-25-21(13-24(35)32(16)15-19-5-4-8-23(29)30-19)33(14-17-9-11-18(28)12-10-17)34(26(25)36)27-31-20-6-2-3-7-22(20)37-27/h2-13H,14-15H2,1H3. The van der Waals surface area contributed by atoms with Crippen molar-refractivity contribution in [3.63, 3.8) is 0 Å². The van der Waals surface area contributed by atoms with E-state index in [1.807, 2.05) is 41.1 Å². The number of hydrogen-bond acceptors (Lipinski definition) is 5. The molecule has 6 rings (SSSR count). The Hall–Kier alpha value is -3.72. The van der Waals surface area contributed by atoms with Gasteiger partial charge in [-0.1, -0.05) is 64.9 Å². The fourth-order valence-electron chi connectivity index (χ4n) is 4.50. The molecule has 0 radical (unpaired) electrons. The van der Waals surface area contributed by atoms with Crippen molar-refractivity contribution in [1.82, 2.24) is 23.9 Å². The van der Waals surface area contributed by atoms with Crippen LogP contribution in [-0.2, 0) is 13.1 Å². The second-order valence-corrected chi connectivity index (χ2v) is 10.5. The molecule has 4 aromatic heterocycles. The lowest BCUT2D eigenvalue weighted by molar-refractivity contribution is 0.610. The number of aryl methyl sites for hydroxylation is 1. The summed E-state index contributed by atoms with van der Waals surface area (Å²) in [7, 11) is 0. The highest BCUT2D eigenvalue weighted by Crippen LogP contribution is 2.26. The SMILES string of the molecule is Cc1c2c(=O)n(-c3nc4ccccc4s3)n(Cc3ccc(Cl)cc3)c2cc(=O)n1Cc1cccc(Cl)n1. The van der Waals surface area contributed by atoms with Gasteiger partial charge < -0.3 is 4.57 Å². The molecule has 0 fully saturated rings. The largest absolute Gasteiger partial charge is 0.306 e. The van der Waals surface area contributed by atoms with E-state index in [1.54, 1.807) is 46.5 Å². The maximum atomic E-state index is 14.0. The van der Waals surface area contributed by atoms with Crippen molar-refractivity contribution < 1.29 is 0 Å². The Kier molecular flexibility index (Phi) is 5.95. The first-order chi connectivity index (χ1) is 17.9. The molecule has 0 spiro atoms. The number of para-hydroxylation sites is 1. The monoisotopic (exact) mass is 547 g/mol. The lowest BCUT2D eigenvalue weighted by atomic mass is 10.2. The topological polar surface area (TPSA) is 74.7 Å².